The van der Waals surface area contributed by atoms with Crippen LogP contribution in [0, 0.1) is 11.8 Å². The van der Waals surface area contributed by atoms with Crippen LogP contribution in [0.5, 0.6) is 5.75 Å². The number of hydrogen-bond donors (Lipinski definition) is 0. The molecule has 2 atom stereocenters. The Hall–Kier alpha value is -1.91. The molecule has 2 aliphatic rings. The molecule has 25 heavy (non-hydrogen) atoms. The Kier molecular flexibility index (Phi) is 5.71. The van der Waals surface area contributed by atoms with Crippen molar-refractivity contribution in [3.63, 3.8) is 0 Å². The highest BCUT2D eigenvalue weighted by Crippen LogP contribution is 2.36. The predicted molar refractivity (Wildman–Crippen MR) is 93.4 cm³/mol. The lowest BCUT2D eigenvalue weighted by molar-refractivity contribution is -0.167. The zero-order chi connectivity index (χ0) is 17.8. The van der Waals surface area contributed by atoms with Gasteiger partial charge in [-0.15, -0.1) is 0 Å². The van der Waals surface area contributed by atoms with E-state index >= 15 is 0 Å². The van der Waals surface area contributed by atoms with Gasteiger partial charge >= 0.3 is 5.97 Å². The van der Waals surface area contributed by atoms with Crippen molar-refractivity contribution in [1.29, 1.82) is 0 Å². The molecule has 0 bridgehead atoms. The van der Waals surface area contributed by atoms with Crippen LogP contribution in [0.4, 0.5) is 0 Å². The molecule has 1 saturated heterocycles. The molecule has 3 rings (SSSR count). The molecule has 2 unspecified atom stereocenters. The summed E-state index contributed by atoms with van der Waals surface area (Å²) >= 11 is 0. The highest BCUT2D eigenvalue weighted by molar-refractivity contribution is 6.01. The third-order valence-electron chi connectivity index (χ3n) is 5.51. The van der Waals surface area contributed by atoms with Crippen molar-refractivity contribution < 1.29 is 19.1 Å². The zero-order valence-corrected chi connectivity index (χ0v) is 15.1. The second-order valence-corrected chi connectivity index (χ2v) is 7.13. The van der Waals surface area contributed by atoms with Crippen LogP contribution >= 0.6 is 0 Å². The van der Waals surface area contributed by atoms with Crippen LogP contribution in [-0.2, 0) is 27.2 Å². The van der Waals surface area contributed by atoms with Crippen LogP contribution in [-0.4, -0.2) is 30.0 Å². The summed E-state index contributed by atoms with van der Waals surface area (Å²) in [5.74, 6) is 0.205. The first-order chi connectivity index (χ1) is 12.1. The number of carbonyl (C=O) groups is 2. The smallest absolute Gasteiger partial charge is 0.317 e. The quantitative estimate of drug-likeness (QED) is 0.585. The number of pyridine rings is 1. The number of hydrogen-bond acceptors (Lipinski definition) is 5. The summed E-state index contributed by atoms with van der Waals surface area (Å²) in [4.78, 5) is 29.2. The summed E-state index contributed by atoms with van der Waals surface area (Å²) in [6.45, 7) is 2.06. The van der Waals surface area contributed by atoms with E-state index in [-0.39, 0.29) is 23.8 Å². The molecule has 0 N–H and O–H groups in total. The molecule has 0 radical (unpaired) electrons. The SMILES string of the molecule is CCc1cc(CCC2CC(=O)C(C3CCCC3)C(=O)O2)c(OC)cn1. The van der Waals surface area contributed by atoms with Gasteiger partial charge in [-0.3, -0.25) is 14.6 Å². The molecule has 1 aliphatic heterocycles. The summed E-state index contributed by atoms with van der Waals surface area (Å²) in [7, 11) is 1.63. The fourth-order valence-corrected chi connectivity index (χ4v) is 4.09. The standard InChI is InChI=1S/C20H27NO4/c1-3-15-10-14(18(24-2)12-21-15)8-9-16-11-17(22)19(20(23)25-16)13-6-4-5-7-13/h10,12-13,16,19H,3-9,11H2,1-2H3. The largest absolute Gasteiger partial charge is 0.495 e. The van der Waals surface area contributed by atoms with Crippen molar-refractivity contribution in [2.75, 3.05) is 7.11 Å². The van der Waals surface area contributed by atoms with Gasteiger partial charge in [-0.05, 0) is 49.7 Å². The normalized spacial score (nSPS) is 24.4. The molecule has 1 aromatic rings. The highest BCUT2D eigenvalue weighted by Gasteiger charge is 2.42. The number of cyclic esters (lactones) is 1. The van der Waals surface area contributed by atoms with Gasteiger partial charge in [0, 0.05) is 12.1 Å². The van der Waals surface area contributed by atoms with Gasteiger partial charge in [-0.1, -0.05) is 19.8 Å². The Morgan fingerprint density at radius 3 is 2.68 bits per heavy atom. The molecule has 5 nitrogen and oxygen atoms in total. The minimum absolute atomic E-state index is 0.0732. The Balaban J connectivity index is 1.61. The molecule has 0 amide bonds. The third kappa shape index (κ3) is 4.02. The summed E-state index contributed by atoms with van der Waals surface area (Å²) in [6, 6.07) is 2.03. The van der Waals surface area contributed by atoms with E-state index < -0.39 is 5.92 Å². The Morgan fingerprint density at radius 2 is 2.04 bits per heavy atom. The Morgan fingerprint density at radius 1 is 1.28 bits per heavy atom. The summed E-state index contributed by atoms with van der Waals surface area (Å²) in [6.07, 6.45) is 8.16. The maximum atomic E-state index is 12.5. The number of nitrogens with zero attached hydrogens (tertiary/aromatic N) is 1. The molecule has 1 saturated carbocycles. The molecular weight excluding hydrogens is 318 g/mol. The number of ketones is 1. The average molecular weight is 345 g/mol. The Labute approximate surface area is 149 Å². The van der Waals surface area contributed by atoms with Crippen molar-refractivity contribution in [3.8, 4) is 5.75 Å². The van der Waals surface area contributed by atoms with Gasteiger partial charge in [0.25, 0.3) is 0 Å². The monoisotopic (exact) mass is 345 g/mol. The number of aryl methyl sites for hydroxylation is 2. The molecule has 0 spiro atoms. The minimum atomic E-state index is -0.513. The van der Waals surface area contributed by atoms with Crippen LogP contribution < -0.4 is 4.74 Å². The van der Waals surface area contributed by atoms with Crippen molar-refractivity contribution in [2.24, 2.45) is 11.8 Å². The topological polar surface area (TPSA) is 65.5 Å². The number of carbonyl (C=O) groups excluding carboxylic acids is 2. The van der Waals surface area contributed by atoms with Gasteiger partial charge in [0.2, 0.25) is 0 Å². The van der Waals surface area contributed by atoms with Gasteiger partial charge in [-0.25, -0.2) is 0 Å². The van der Waals surface area contributed by atoms with Crippen LogP contribution in [0.1, 0.15) is 56.7 Å². The van der Waals surface area contributed by atoms with Crippen LogP contribution in [0.2, 0.25) is 0 Å². The molecule has 2 heterocycles. The summed E-state index contributed by atoms with van der Waals surface area (Å²) in [5, 5.41) is 0. The lowest BCUT2D eigenvalue weighted by atomic mass is 9.83. The van der Waals surface area contributed by atoms with Gasteiger partial charge in [0.15, 0.2) is 5.78 Å². The molecule has 5 heteroatoms. The van der Waals surface area contributed by atoms with Crippen molar-refractivity contribution in [1.82, 2.24) is 4.98 Å². The van der Waals surface area contributed by atoms with E-state index in [1.54, 1.807) is 13.3 Å². The lowest BCUT2D eigenvalue weighted by Gasteiger charge is -2.30. The summed E-state index contributed by atoms with van der Waals surface area (Å²) in [5.41, 5.74) is 2.06. The van der Waals surface area contributed by atoms with E-state index in [2.05, 4.69) is 11.9 Å². The number of esters is 1. The third-order valence-corrected chi connectivity index (χ3v) is 5.51. The highest BCUT2D eigenvalue weighted by atomic mass is 16.5. The number of ether oxygens (including phenoxy) is 2. The fraction of sp³-hybridized carbons (Fsp3) is 0.650. The second kappa shape index (κ2) is 7.98. The van der Waals surface area contributed by atoms with Crippen LogP contribution in [0.3, 0.4) is 0 Å². The van der Waals surface area contributed by atoms with E-state index in [1.165, 1.54) is 0 Å². The summed E-state index contributed by atoms with van der Waals surface area (Å²) < 4.78 is 11.0. The maximum absolute atomic E-state index is 12.5. The van der Waals surface area contributed by atoms with Gasteiger partial charge < -0.3 is 9.47 Å². The second-order valence-electron chi connectivity index (χ2n) is 7.13. The number of Topliss-reactive ketones (excluding diaryl/α,β-unsaturated/α-hetero) is 1. The average Bonchev–Trinajstić information content (AvgIpc) is 3.13. The molecule has 2 fully saturated rings. The molecule has 1 aliphatic carbocycles. The fourth-order valence-electron chi connectivity index (χ4n) is 4.09. The van der Waals surface area contributed by atoms with Crippen LogP contribution in [0.25, 0.3) is 0 Å². The first-order valence-corrected chi connectivity index (χ1v) is 9.37. The lowest BCUT2D eigenvalue weighted by Crippen LogP contribution is -2.41. The van der Waals surface area contributed by atoms with E-state index in [0.29, 0.717) is 19.3 Å². The van der Waals surface area contributed by atoms with E-state index in [9.17, 15) is 9.59 Å². The Bertz CT molecular complexity index is 619. The van der Waals surface area contributed by atoms with Gasteiger partial charge in [0.1, 0.15) is 17.8 Å². The molecule has 1 aromatic heterocycles. The first-order valence-electron chi connectivity index (χ1n) is 9.37. The zero-order valence-electron chi connectivity index (χ0n) is 15.1. The van der Waals surface area contributed by atoms with Crippen LogP contribution in [0.15, 0.2) is 12.3 Å². The van der Waals surface area contributed by atoms with Gasteiger partial charge in [-0.2, -0.15) is 0 Å². The van der Waals surface area contributed by atoms with E-state index in [0.717, 1.165) is 49.1 Å². The molecule has 136 valence electrons. The molecule has 0 aromatic carbocycles. The molecular formula is C20H27NO4. The van der Waals surface area contributed by atoms with Crippen molar-refractivity contribution >= 4 is 11.8 Å². The first kappa shape index (κ1) is 17.9. The number of rotatable bonds is 6. The number of aromatic nitrogens is 1. The van der Waals surface area contributed by atoms with E-state index in [4.69, 9.17) is 9.47 Å². The predicted octanol–water partition coefficient (Wildman–Crippen LogP) is 3.28. The minimum Gasteiger partial charge on any atom is -0.495 e. The van der Waals surface area contributed by atoms with Gasteiger partial charge in [0.05, 0.1) is 13.3 Å². The van der Waals surface area contributed by atoms with E-state index in [1.807, 2.05) is 6.07 Å². The number of methoxy groups -OCH3 is 1. The van der Waals surface area contributed by atoms with Crippen molar-refractivity contribution in [2.45, 2.75) is 64.4 Å². The maximum Gasteiger partial charge on any atom is 0.317 e. The van der Waals surface area contributed by atoms with Crippen molar-refractivity contribution in [3.05, 3.63) is 23.5 Å².